The summed E-state index contributed by atoms with van der Waals surface area (Å²) in [5.41, 5.74) is 4.99. The molecule has 3 heteroatoms. The normalized spacial score (nSPS) is 12.2. The van der Waals surface area contributed by atoms with Crippen molar-refractivity contribution in [1.82, 2.24) is 5.32 Å². The maximum absolute atomic E-state index is 6.14. The molecule has 0 aliphatic carbocycles. The highest BCUT2D eigenvalue weighted by molar-refractivity contribution is 6.32. The van der Waals surface area contributed by atoms with E-state index in [1.807, 2.05) is 12.1 Å². The van der Waals surface area contributed by atoms with E-state index in [9.17, 15) is 0 Å². The SMILES string of the molecule is CCNC(c1ccc(Cl)c(OC)c1)c1cc(C)ccc1C. The van der Waals surface area contributed by atoms with Gasteiger partial charge in [-0.1, -0.05) is 48.4 Å². The standard InChI is InChI=1S/C18H22ClNO/c1-5-20-18(15-10-12(2)6-7-13(15)3)14-8-9-16(19)17(11-14)21-4/h6-11,18,20H,5H2,1-4H3. The molecular formula is C18H22ClNO. The first-order valence-electron chi connectivity index (χ1n) is 7.20. The Morgan fingerprint density at radius 1 is 1.14 bits per heavy atom. The van der Waals surface area contributed by atoms with E-state index in [4.69, 9.17) is 16.3 Å². The third-order valence-corrected chi connectivity index (χ3v) is 3.97. The molecule has 1 N–H and O–H groups in total. The number of aryl methyl sites for hydroxylation is 2. The van der Waals surface area contributed by atoms with E-state index < -0.39 is 0 Å². The smallest absolute Gasteiger partial charge is 0.137 e. The molecule has 0 aliphatic heterocycles. The summed E-state index contributed by atoms with van der Waals surface area (Å²) in [4.78, 5) is 0. The third-order valence-electron chi connectivity index (χ3n) is 3.66. The van der Waals surface area contributed by atoms with E-state index in [1.54, 1.807) is 7.11 Å². The highest BCUT2D eigenvalue weighted by atomic mass is 35.5. The van der Waals surface area contributed by atoms with Gasteiger partial charge >= 0.3 is 0 Å². The van der Waals surface area contributed by atoms with Gasteiger partial charge in [0.1, 0.15) is 5.75 Å². The van der Waals surface area contributed by atoms with Crippen molar-refractivity contribution in [2.75, 3.05) is 13.7 Å². The van der Waals surface area contributed by atoms with Crippen molar-refractivity contribution >= 4 is 11.6 Å². The zero-order chi connectivity index (χ0) is 15.4. The first-order valence-corrected chi connectivity index (χ1v) is 7.58. The molecule has 0 heterocycles. The zero-order valence-electron chi connectivity index (χ0n) is 13.0. The highest BCUT2D eigenvalue weighted by Gasteiger charge is 2.17. The van der Waals surface area contributed by atoms with Crippen LogP contribution in [0.1, 0.15) is 35.2 Å². The second-order valence-electron chi connectivity index (χ2n) is 5.24. The first-order chi connectivity index (χ1) is 10.1. The molecule has 0 fully saturated rings. The van der Waals surface area contributed by atoms with Crippen LogP contribution in [-0.4, -0.2) is 13.7 Å². The molecule has 112 valence electrons. The van der Waals surface area contributed by atoms with Crippen LogP contribution in [0.2, 0.25) is 5.02 Å². The van der Waals surface area contributed by atoms with E-state index in [0.29, 0.717) is 10.8 Å². The number of ether oxygens (including phenoxy) is 1. The van der Waals surface area contributed by atoms with Crippen molar-refractivity contribution in [1.29, 1.82) is 0 Å². The van der Waals surface area contributed by atoms with Crippen molar-refractivity contribution in [3.63, 3.8) is 0 Å². The Hall–Kier alpha value is -1.51. The van der Waals surface area contributed by atoms with Crippen molar-refractivity contribution in [2.45, 2.75) is 26.8 Å². The molecule has 2 aromatic carbocycles. The molecule has 2 nitrogen and oxygen atoms in total. The average Bonchev–Trinajstić information content (AvgIpc) is 2.48. The Balaban J connectivity index is 2.50. The van der Waals surface area contributed by atoms with Crippen molar-refractivity contribution in [3.05, 3.63) is 63.7 Å². The number of methoxy groups -OCH3 is 1. The van der Waals surface area contributed by atoms with Gasteiger partial charge in [0.25, 0.3) is 0 Å². The molecule has 0 saturated heterocycles. The van der Waals surface area contributed by atoms with Gasteiger partial charge in [0.15, 0.2) is 0 Å². The lowest BCUT2D eigenvalue weighted by Crippen LogP contribution is -2.23. The van der Waals surface area contributed by atoms with E-state index in [1.165, 1.54) is 16.7 Å². The second-order valence-corrected chi connectivity index (χ2v) is 5.65. The summed E-state index contributed by atoms with van der Waals surface area (Å²) in [5, 5.41) is 4.19. The molecule has 0 spiro atoms. The summed E-state index contributed by atoms with van der Waals surface area (Å²) in [7, 11) is 1.64. The Morgan fingerprint density at radius 2 is 1.90 bits per heavy atom. The van der Waals surface area contributed by atoms with Crippen LogP contribution in [0.3, 0.4) is 0 Å². The summed E-state index contributed by atoms with van der Waals surface area (Å²) in [6.45, 7) is 7.27. The molecule has 0 bridgehead atoms. The molecule has 2 aromatic rings. The van der Waals surface area contributed by atoms with Gasteiger partial charge in [-0.25, -0.2) is 0 Å². The number of rotatable bonds is 5. The van der Waals surface area contributed by atoms with Crippen LogP contribution < -0.4 is 10.1 Å². The number of hydrogen-bond acceptors (Lipinski definition) is 2. The Kier molecular flexibility index (Phi) is 5.27. The van der Waals surface area contributed by atoms with Gasteiger partial charge in [0, 0.05) is 0 Å². The molecule has 1 unspecified atom stereocenters. The fourth-order valence-corrected chi connectivity index (χ4v) is 2.73. The summed E-state index contributed by atoms with van der Waals surface area (Å²) < 4.78 is 5.34. The minimum absolute atomic E-state index is 0.140. The molecule has 0 aromatic heterocycles. The van der Waals surface area contributed by atoms with Crippen LogP contribution in [0.4, 0.5) is 0 Å². The molecule has 21 heavy (non-hydrogen) atoms. The Bertz CT molecular complexity index is 625. The Labute approximate surface area is 132 Å². The maximum Gasteiger partial charge on any atom is 0.137 e. The monoisotopic (exact) mass is 303 g/mol. The lowest BCUT2D eigenvalue weighted by molar-refractivity contribution is 0.414. The van der Waals surface area contributed by atoms with Gasteiger partial charge < -0.3 is 10.1 Å². The maximum atomic E-state index is 6.14. The number of hydrogen-bond donors (Lipinski definition) is 1. The third kappa shape index (κ3) is 3.58. The van der Waals surface area contributed by atoms with Crippen LogP contribution in [-0.2, 0) is 0 Å². The van der Waals surface area contributed by atoms with Gasteiger partial charge in [-0.2, -0.15) is 0 Å². The molecule has 0 amide bonds. The fourth-order valence-electron chi connectivity index (χ4n) is 2.54. The fraction of sp³-hybridized carbons (Fsp3) is 0.333. The van der Waals surface area contributed by atoms with Gasteiger partial charge in [-0.3, -0.25) is 0 Å². The van der Waals surface area contributed by atoms with E-state index in [0.717, 1.165) is 12.1 Å². The van der Waals surface area contributed by atoms with E-state index in [-0.39, 0.29) is 6.04 Å². The van der Waals surface area contributed by atoms with Crippen LogP contribution in [0.15, 0.2) is 36.4 Å². The number of halogens is 1. The molecule has 0 radical (unpaired) electrons. The van der Waals surface area contributed by atoms with Gasteiger partial charge in [-0.05, 0) is 49.2 Å². The minimum atomic E-state index is 0.140. The van der Waals surface area contributed by atoms with E-state index >= 15 is 0 Å². The summed E-state index contributed by atoms with van der Waals surface area (Å²) in [6.07, 6.45) is 0. The zero-order valence-corrected chi connectivity index (χ0v) is 13.8. The second kappa shape index (κ2) is 6.97. The highest BCUT2D eigenvalue weighted by Crippen LogP contribution is 2.32. The molecule has 1 atom stereocenters. The lowest BCUT2D eigenvalue weighted by atomic mass is 9.93. The first kappa shape index (κ1) is 15.9. The van der Waals surface area contributed by atoms with Crippen LogP contribution in [0.25, 0.3) is 0 Å². The Morgan fingerprint density at radius 3 is 2.57 bits per heavy atom. The number of nitrogens with one attached hydrogen (secondary N) is 1. The van der Waals surface area contributed by atoms with Crippen LogP contribution in [0.5, 0.6) is 5.75 Å². The van der Waals surface area contributed by atoms with Crippen LogP contribution in [0, 0.1) is 13.8 Å². The molecule has 2 rings (SSSR count). The van der Waals surface area contributed by atoms with Gasteiger partial charge in [-0.15, -0.1) is 0 Å². The largest absolute Gasteiger partial charge is 0.495 e. The molecular weight excluding hydrogens is 282 g/mol. The summed E-state index contributed by atoms with van der Waals surface area (Å²) in [6, 6.07) is 12.7. The van der Waals surface area contributed by atoms with Crippen molar-refractivity contribution in [3.8, 4) is 5.75 Å². The van der Waals surface area contributed by atoms with Crippen molar-refractivity contribution in [2.24, 2.45) is 0 Å². The number of benzene rings is 2. The predicted molar refractivity (Wildman–Crippen MR) is 89.4 cm³/mol. The predicted octanol–water partition coefficient (Wildman–Crippen LogP) is 4.66. The summed E-state index contributed by atoms with van der Waals surface area (Å²) >= 11 is 6.14. The van der Waals surface area contributed by atoms with Crippen molar-refractivity contribution < 1.29 is 4.74 Å². The van der Waals surface area contributed by atoms with Crippen LogP contribution >= 0.6 is 11.6 Å². The topological polar surface area (TPSA) is 21.3 Å². The molecule has 0 aliphatic rings. The van der Waals surface area contributed by atoms with Gasteiger partial charge in [0.05, 0.1) is 18.2 Å². The van der Waals surface area contributed by atoms with E-state index in [2.05, 4.69) is 50.4 Å². The summed E-state index contributed by atoms with van der Waals surface area (Å²) in [5.74, 6) is 0.711. The van der Waals surface area contributed by atoms with Gasteiger partial charge in [0.2, 0.25) is 0 Å². The average molecular weight is 304 g/mol. The quantitative estimate of drug-likeness (QED) is 0.867. The minimum Gasteiger partial charge on any atom is -0.495 e. The lowest BCUT2D eigenvalue weighted by Gasteiger charge is -2.22. The molecule has 0 saturated carbocycles.